The lowest BCUT2D eigenvalue weighted by atomic mass is 9.70. The highest BCUT2D eigenvalue weighted by molar-refractivity contribution is 5.98. The molecule has 1 aliphatic carbocycles. The summed E-state index contributed by atoms with van der Waals surface area (Å²) in [6, 6.07) is 15.1. The number of nitrogens with zero attached hydrogens (tertiary/aromatic N) is 3. The summed E-state index contributed by atoms with van der Waals surface area (Å²) in [5.41, 5.74) is 5.43. The van der Waals surface area contributed by atoms with Crippen molar-refractivity contribution in [2.45, 2.75) is 78.7 Å². The van der Waals surface area contributed by atoms with Crippen LogP contribution in [0, 0.1) is 11.3 Å². The molecular formula is C30H40N4O. The first-order chi connectivity index (χ1) is 16.8. The number of aryl methyl sites for hydroxylation is 1. The molecule has 0 bridgehead atoms. The molecule has 0 radical (unpaired) electrons. The third kappa shape index (κ3) is 5.10. The SMILES string of the molecule is CCc1ccc(Nc2nc3cc(C(=O)N4CCCCC4)ccc3n2[C@@H]2C[C@H](C)CC(C)(C)C2)cc1. The van der Waals surface area contributed by atoms with E-state index in [2.05, 4.69) is 67.9 Å². The molecule has 5 heteroatoms. The predicted octanol–water partition coefficient (Wildman–Crippen LogP) is 7.36. The van der Waals surface area contributed by atoms with E-state index in [0.717, 1.165) is 73.4 Å². The number of fused-ring (bicyclic) bond motifs is 1. The fraction of sp³-hybridized carbons (Fsp3) is 0.533. The van der Waals surface area contributed by atoms with Crippen molar-refractivity contribution in [3.63, 3.8) is 0 Å². The van der Waals surface area contributed by atoms with Gasteiger partial charge in [-0.05, 0) is 92.2 Å². The number of likely N-dealkylation sites (tertiary alicyclic amines) is 1. The van der Waals surface area contributed by atoms with Gasteiger partial charge in [0.05, 0.1) is 11.0 Å². The van der Waals surface area contributed by atoms with Crippen LogP contribution >= 0.6 is 0 Å². The second-order valence-corrected chi connectivity index (χ2v) is 11.6. The highest BCUT2D eigenvalue weighted by Gasteiger charge is 2.35. The molecule has 5 rings (SSSR count). The monoisotopic (exact) mass is 472 g/mol. The largest absolute Gasteiger partial charge is 0.339 e. The summed E-state index contributed by atoms with van der Waals surface area (Å²) >= 11 is 0. The van der Waals surface area contributed by atoms with E-state index in [0.29, 0.717) is 17.4 Å². The van der Waals surface area contributed by atoms with Gasteiger partial charge in [-0.1, -0.05) is 39.8 Å². The first kappa shape index (κ1) is 23.9. The zero-order valence-corrected chi connectivity index (χ0v) is 21.8. The van der Waals surface area contributed by atoms with Gasteiger partial charge in [0.15, 0.2) is 0 Å². The summed E-state index contributed by atoms with van der Waals surface area (Å²) in [5.74, 6) is 1.68. The average Bonchev–Trinajstić information content (AvgIpc) is 3.20. The van der Waals surface area contributed by atoms with Gasteiger partial charge >= 0.3 is 0 Å². The van der Waals surface area contributed by atoms with E-state index in [1.165, 1.54) is 18.4 Å². The first-order valence-corrected chi connectivity index (χ1v) is 13.5. The molecule has 0 unspecified atom stereocenters. The summed E-state index contributed by atoms with van der Waals surface area (Å²) < 4.78 is 2.41. The van der Waals surface area contributed by atoms with Gasteiger partial charge in [0.2, 0.25) is 5.95 Å². The maximum atomic E-state index is 13.2. The van der Waals surface area contributed by atoms with E-state index in [-0.39, 0.29) is 5.91 Å². The van der Waals surface area contributed by atoms with Crippen LogP contribution in [-0.2, 0) is 6.42 Å². The number of anilines is 2. The third-order valence-electron chi connectivity index (χ3n) is 7.93. The van der Waals surface area contributed by atoms with Gasteiger partial charge < -0.3 is 14.8 Å². The highest BCUT2D eigenvalue weighted by Crippen LogP contribution is 2.46. The molecular weight excluding hydrogens is 432 g/mol. The predicted molar refractivity (Wildman–Crippen MR) is 144 cm³/mol. The van der Waals surface area contributed by atoms with Gasteiger partial charge in [-0.3, -0.25) is 4.79 Å². The van der Waals surface area contributed by atoms with Crippen LogP contribution in [0.3, 0.4) is 0 Å². The molecule has 1 saturated heterocycles. The molecule has 35 heavy (non-hydrogen) atoms. The second-order valence-electron chi connectivity index (χ2n) is 11.6. The summed E-state index contributed by atoms with van der Waals surface area (Å²) in [6.45, 7) is 11.1. The minimum absolute atomic E-state index is 0.137. The number of carbonyl (C=O) groups is 1. The average molecular weight is 473 g/mol. The Morgan fingerprint density at radius 1 is 1.06 bits per heavy atom. The van der Waals surface area contributed by atoms with Gasteiger partial charge in [0, 0.05) is 30.4 Å². The number of piperidine rings is 1. The third-order valence-corrected chi connectivity index (χ3v) is 7.93. The van der Waals surface area contributed by atoms with Crippen molar-refractivity contribution in [2.75, 3.05) is 18.4 Å². The van der Waals surface area contributed by atoms with Gasteiger partial charge in [-0.15, -0.1) is 0 Å². The Kier molecular flexibility index (Phi) is 6.61. The Morgan fingerprint density at radius 3 is 2.49 bits per heavy atom. The minimum Gasteiger partial charge on any atom is -0.339 e. The number of aromatic nitrogens is 2. The van der Waals surface area contributed by atoms with E-state index in [4.69, 9.17) is 4.98 Å². The topological polar surface area (TPSA) is 50.2 Å². The fourth-order valence-corrected chi connectivity index (χ4v) is 6.41. The summed E-state index contributed by atoms with van der Waals surface area (Å²) in [5, 5.41) is 3.62. The number of amides is 1. The molecule has 2 heterocycles. The Balaban J connectivity index is 1.54. The molecule has 5 nitrogen and oxygen atoms in total. The molecule has 2 atom stereocenters. The van der Waals surface area contributed by atoms with Gasteiger partial charge in [0.25, 0.3) is 5.91 Å². The zero-order chi connectivity index (χ0) is 24.6. The number of hydrogen-bond acceptors (Lipinski definition) is 3. The Labute approximate surface area is 209 Å². The van der Waals surface area contributed by atoms with E-state index in [1.807, 2.05) is 17.0 Å². The molecule has 0 spiro atoms. The maximum Gasteiger partial charge on any atom is 0.253 e. The number of imidazole rings is 1. The molecule has 1 aliphatic heterocycles. The van der Waals surface area contributed by atoms with Crippen molar-refractivity contribution in [1.82, 2.24) is 14.5 Å². The number of rotatable bonds is 5. The van der Waals surface area contributed by atoms with Crippen LogP contribution in [-0.4, -0.2) is 33.4 Å². The molecule has 3 aromatic rings. The Bertz CT molecular complexity index is 1190. The molecule has 186 valence electrons. The van der Waals surface area contributed by atoms with Crippen molar-refractivity contribution in [2.24, 2.45) is 11.3 Å². The number of benzene rings is 2. The van der Waals surface area contributed by atoms with Crippen LogP contribution in [0.4, 0.5) is 11.6 Å². The fourth-order valence-electron chi connectivity index (χ4n) is 6.41. The van der Waals surface area contributed by atoms with Crippen LogP contribution in [0.15, 0.2) is 42.5 Å². The van der Waals surface area contributed by atoms with Crippen LogP contribution in [0.5, 0.6) is 0 Å². The van der Waals surface area contributed by atoms with Crippen molar-refractivity contribution in [1.29, 1.82) is 0 Å². The lowest BCUT2D eigenvalue weighted by Crippen LogP contribution is -2.35. The molecule has 2 aliphatic rings. The lowest BCUT2D eigenvalue weighted by Gasteiger charge is -2.40. The van der Waals surface area contributed by atoms with E-state index >= 15 is 0 Å². The zero-order valence-electron chi connectivity index (χ0n) is 21.8. The Hall–Kier alpha value is -2.82. The van der Waals surface area contributed by atoms with Crippen LogP contribution in [0.1, 0.15) is 88.2 Å². The lowest BCUT2D eigenvalue weighted by molar-refractivity contribution is 0.0724. The standard InChI is InChI=1S/C30H40N4O/c1-5-22-9-12-24(13-10-22)31-29-32-26-18-23(28(35)33-15-7-6-8-16-33)11-14-27(26)34(29)25-17-21(2)19-30(3,4)20-25/h9-14,18,21,25H,5-8,15-17,19-20H2,1-4H3,(H,31,32)/t21-,25+/m0/s1. The number of hydrogen-bond donors (Lipinski definition) is 1. The van der Waals surface area contributed by atoms with Gasteiger partial charge in [-0.25, -0.2) is 4.98 Å². The van der Waals surface area contributed by atoms with Gasteiger partial charge in [0.1, 0.15) is 0 Å². The van der Waals surface area contributed by atoms with Crippen molar-refractivity contribution < 1.29 is 4.79 Å². The van der Waals surface area contributed by atoms with Crippen LogP contribution < -0.4 is 5.32 Å². The van der Waals surface area contributed by atoms with Crippen molar-refractivity contribution >= 4 is 28.6 Å². The Morgan fingerprint density at radius 2 is 1.80 bits per heavy atom. The smallest absolute Gasteiger partial charge is 0.253 e. The van der Waals surface area contributed by atoms with E-state index in [1.54, 1.807) is 0 Å². The van der Waals surface area contributed by atoms with Crippen LogP contribution in [0.25, 0.3) is 11.0 Å². The highest BCUT2D eigenvalue weighted by atomic mass is 16.2. The molecule has 1 amide bonds. The maximum absolute atomic E-state index is 13.2. The van der Waals surface area contributed by atoms with E-state index in [9.17, 15) is 4.79 Å². The van der Waals surface area contributed by atoms with Gasteiger partial charge in [-0.2, -0.15) is 0 Å². The molecule has 2 aromatic carbocycles. The van der Waals surface area contributed by atoms with E-state index < -0.39 is 0 Å². The van der Waals surface area contributed by atoms with Crippen LogP contribution in [0.2, 0.25) is 0 Å². The number of carbonyl (C=O) groups excluding carboxylic acids is 1. The molecule has 2 fully saturated rings. The quantitative estimate of drug-likeness (QED) is 0.422. The summed E-state index contributed by atoms with van der Waals surface area (Å²) in [6.07, 6.45) is 7.98. The molecule has 1 N–H and O–H groups in total. The molecule has 1 saturated carbocycles. The van der Waals surface area contributed by atoms with Crippen molar-refractivity contribution in [3.05, 3.63) is 53.6 Å². The molecule has 1 aromatic heterocycles. The first-order valence-electron chi connectivity index (χ1n) is 13.5. The summed E-state index contributed by atoms with van der Waals surface area (Å²) in [4.78, 5) is 20.3. The van der Waals surface area contributed by atoms with Crippen molar-refractivity contribution in [3.8, 4) is 0 Å². The minimum atomic E-state index is 0.137. The summed E-state index contributed by atoms with van der Waals surface area (Å²) in [7, 11) is 0. The normalized spacial score (nSPS) is 22.3. The second kappa shape index (κ2) is 9.67. The number of nitrogens with one attached hydrogen (secondary N) is 1.